The Labute approximate surface area is 95.2 Å². The number of nitrogens with zero attached hydrogens (tertiary/aromatic N) is 2. The molecule has 0 heterocycles. The highest BCUT2D eigenvalue weighted by molar-refractivity contribution is 7.60. The predicted octanol–water partition coefficient (Wildman–Crippen LogP) is 1.80. The minimum atomic E-state index is -3.36. The molecule has 0 bridgehead atoms. The normalized spacial score (nSPS) is 11.2. The molecule has 0 fully saturated rings. The molecule has 0 aliphatic rings. The first-order valence-electron chi connectivity index (χ1n) is 4.83. The molecule has 0 aromatic heterocycles. The minimum Gasteiger partial charge on any atom is -0.297 e. The van der Waals surface area contributed by atoms with Crippen molar-refractivity contribution in [2.75, 3.05) is 4.67 Å². The van der Waals surface area contributed by atoms with Crippen molar-refractivity contribution in [3.05, 3.63) is 29.8 Å². The van der Waals surface area contributed by atoms with Gasteiger partial charge in [-0.1, -0.05) is 6.07 Å². The fourth-order valence-electron chi connectivity index (χ4n) is 1.56. The maximum Gasteiger partial charge on any atom is 0.300 e. The maximum absolute atomic E-state index is 11.8. The summed E-state index contributed by atoms with van der Waals surface area (Å²) in [6.45, 7) is 3.68. The molecule has 1 aromatic rings. The summed E-state index contributed by atoms with van der Waals surface area (Å²) < 4.78 is 13.2. The minimum absolute atomic E-state index is 0.102. The summed E-state index contributed by atoms with van der Waals surface area (Å²) in [7, 11) is -3.36. The molecule has 86 valence electrons. The third kappa shape index (κ3) is 2.83. The molecular weight excluding hydrogens is 223 g/mol. The van der Waals surface area contributed by atoms with Crippen LogP contribution in [-0.2, 0) is 4.57 Å². The molecule has 0 aliphatic carbocycles. The van der Waals surface area contributed by atoms with E-state index in [1.54, 1.807) is 24.3 Å². The number of nitriles is 1. The van der Waals surface area contributed by atoms with Gasteiger partial charge < -0.3 is 0 Å². The Morgan fingerprint density at radius 2 is 2.06 bits per heavy atom. The van der Waals surface area contributed by atoms with E-state index in [2.05, 4.69) is 0 Å². The standard InChI is InChI=1S/C10H15N4OP/c1-8(2)14(16(12,13)15)10-5-3-4-9(6-10)7-11/h3-6,8H,1-2H3,(H4,12,13,15). The third-order valence-electron chi connectivity index (χ3n) is 2.07. The molecule has 0 aliphatic heterocycles. The third-order valence-corrected chi connectivity index (χ3v) is 3.43. The van der Waals surface area contributed by atoms with Crippen LogP contribution in [0.15, 0.2) is 24.3 Å². The first-order chi connectivity index (χ1) is 7.36. The molecule has 4 N–H and O–H groups in total. The summed E-state index contributed by atoms with van der Waals surface area (Å²) in [6, 6.07) is 8.63. The first-order valence-corrected chi connectivity index (χ1v) is 6.63. The second-order valence-corrected chi connectivity index (χ2v) is 5.55. The predicted molar refractivity (Wildman–Crippen MR) is 64.8 cm³/mol. The molecule has 5 nitrogen and oxygen atoms in total. The molecule has 1 aromatic carbocycles. The van der Waals surface area contributed by atoms with Crippen molar-refractivity contribution >= 4 is 13.3 Å². The second kappa shape index (κ2) is 4.67. The average Bonchev–Trinajstić information content (AvgIpc) is 2.15. The molecule has 0 spiro atoms. The fourth-order valence-corrected chi connectivity index (χ4v) is 2.76. The molecule has 0 atom stereocenters. The van der Waals surface area contributed by atoms with Gasteiger partial charge in [-0.2, -0.15) is 5.26 Å². The summed E-state index contributed by atoms with van der Waals surface area (Å²) in [4.78, 5) is 0. The molecule has 0 saturated carbocycles. The molecule has 0 radical (unpaired) electrons. The van der Waals surface area contributed by atoms with Crippen LogP contribution in [0, 0.1) is 11.3 Å². The molecule has 16 heavy (non-hydrogen) atoms. The molecule has 0 unspecified atom stereocenters. The largest absolute Gasteiger partial charge is 0.300 e. The Hall–Kier alpha value is -1.34. The van der Waals surface area contributed by atoms with Crippen LogP contribution in [0.2, 0.25) is 0 Å². The molecule has 6 heteroatoms. The smallest absolute Gasteiger partial charge is 0.297 e. The van der Waals surface area contributed by atoms with Gasteiger partial charge in [0.05, 0.1) is 11.6 Å². The number of benzene rings is 1. The number of nitrogens with two attached hydrogens (primary N) is 2. The van der Waals surface area contributed by atoms with Crippen LogP contribution in [-0.4, -0.2) is 6.04 Å². The van der Waals surface area contributed by atoms with E-state index in [1.165, 1.54) is 4.67 Å². The van der Waals surface area contributed by atoms with Crippen molar-refractivity contribution in [2.24, 2.45) is 11.0 Å². The number of hydrogen-bond donors (Lipinski definition) is 2. The van der Waals surface area contributed by atoms with Crippen molar-refractivity contribution in [1.82, 2.24) is 0 Å². The van der Waals surface area contributed by atoms with Crippen LogP contribution in [0.1, 0.15) is 19.4 Å². The van der Waals surface area contributed by atoms with Crippen molar-refractivity contribution in [1.29, 1.82) is 5.26 Å². The topological polar surface area (TPSA) is 96.1 Å². The Balaban J connectivity index is 3.23. The molecular formula is C10H15N4OP. The van der Waals surface area contributed by atoms with Crippen LogP contribution in [0.4, 0.5) is 5.69 Å². The van der Waals surface area contributed by atoms with Gasteiger partial charge in [0, 0.05) is 11.7 Å². The van der Waals surface area contributed by atoms with E-state index in [1.807, 2.05) is 19.9 Å². The number of hydrogen-bond acceptors (Lipinski definition) is 2. The van der Waals surface area contributed by atoms with Gasteiger partial charge in [0.25, 0.3) is 0 Å². The van der Waals surface area contributed by atoms with Gasteiger partial charge in [-0.15, -0.1) is 0 Å². The van der Waals surface area contributed by atoms with E-state index in [-0.39, 0.29) is 6.04 Å². The zero-order valence-electron chi connectivity index (χ0n) is 9.29. The van der Waals surface area contributed by atoms with Gasteiger partial charge >= 0.3 is 7.59 Å². The lowest BCUT2D eigenvalue weighted by Gasteiger charge is -2.31. The van der Waals surface area contributed by atoms with E-state index in [4.69, 9.17) is 16.3 Å². The Morgan fingerprint density at radius 3 is 2.50 bits per heavy atom. The van der Waals surface area contributed by atoms with Gasteiger partial charge in [0.1, 0.15) is 0 Å². The lowest BCUT2D eigenvalue weighted by Crippen LogP contribution is -2.34. The summed E-state index contributed by atoms with van der Waals surface area (Å²) in [5.74, 6) is 0. The highest BCUT2D eigenvalue weighted by atomic mass is 31.2. The monoisotopic (exact) mass is 238 g/mol. The highest BCUT2D eigenvalue weighted by Gasteiger charge is 2.24. The summed E-state index contributed by atoms with van der Waals surface area (Å²) in [5.41, 5.74) is 12.0. The van der Waals surface area contributed by atoms with Crippen LogP contribution in [0.3, 0.4) is 0 Å². The van der Waals surface area contributed by atoms with Crippen LogP contribution < -0.4 is 15.7 Å². The summed E-state index contributed by atoms with van der Waals surface area (Å²) in [6.07, 6.45) is 0. The lowest BCUT2D eigenvalue weighted by atomic mass is 10.2. The van der Waals surface area contributed by atoms with Crippen LogP contribution in [0.5, 0.6) is 0 Å². The van der Waals surface area contributed by atoms with Crippen molar-refractivity contribution in [3.8, 4) is 6.07 Å². The lowest BCUT2D eigenvalue weighted by molar-refractivity contribution is 0.568. The SMILES string of the molecule is CC(C)N(c1cccc(C#N)c1)P(N)(N)=O. The quantitative estimate of drug-likeness (QED) is 0.782. The van der Waals surface area contributed by atoms with Crippen molar-refractivity contribution < 1.29 is 4.57 Å². The van der Waals surface area contributed by atoms with Crippen molar-refractivity contribution in [2.45, 2.75) is 19.9 Å². The zero-order valence-corrected chi connectivity index (χ0v) is 10.2. The van der Waals surface area contributed by atoms with Gasteiger partial charge in [0.2, 0.25) is 0 Å². The van der Waals surface area contributed by atoms with E-state index in [9.17, 15) is 4.57 Å². The molecule has 0 saturated heterocycles. The summed E-state index contributed by atoms with van der Waals surface area (Å²) in [5, 5.41) is 8.79. The first kappa shape index (κ1) is 12.7. The van der Waals surface area contributed by atoms with E-state index >= 15 is 0 Å². The molecule has 0 amide bonds. The van der Waals surface area contributed by atoms with Gasteiger partial charge in [-0.25, -0.2) is 0 Å². The average molecular weight is 238 g/mol. The number of anilines is 1. The Bertz CT molecular complexity index is 460. The zero-order chi connectivity index (χ0) is 12.3. The van der Waals surface area contributed by atoms with E-state index in [0.29, 0.717) is 11.3 Å². The highest BCUT2D eigenvalue weighted by Crippen LogP contribution is 2.39. The van der Waals surface area contributed by atoms with Gasteiger partial charge in [-0.05, 0) is 32.0 Å². The maximum atomic E-state index is 11.8. The fraction of sp³-hybridized carbons (Fsp3) is 0.300. The van der Waals surface area contributed by atoms with Gasteiger partial charge in [-0.3, -0.25) is 20.2 Å². The molecule has 1 rings (SSSR count). The Morgan fingerprint density at radius 1 is 1.44 bits per heavy atom. The second-order valence-electron chi connectivity index (χ2n) is 3.77. The number of rotatable bonds is 3. The van der Waals surface area contributed by atoms with E-state index < -0.39 is 7.59 Å². The summed E-state index contributed by atoms with van der Waals surface area (Å²) >= 11 is 0. The van der Waals surface area contributed by atoms with Crippen LogP contribution >= 0.6 is 7.59 Å². The van der Waals surface area contributed by atoms with Crippen molar-refractivity contribution in [3.63, 3.8) is 0 Å². The van der Waals surface area contributed by atoms with E-state index in [0.717, 1.165) is 0 Å². The van der Waals surface area contributed by atoms with Crippen LogP contribution in [0.25, 0.3) is 0 Å². The van der Waals surface area contributed by atoms with Gasteiger partial charge in [0.15, 0.2) is 0 Å². The Kier molecular flexibility index (Phi) is 3.71.